The van der Waals surface area contributed by atoms with Gasteiger partial charge in [-0.25, -0.2) is 9.78 Å². The first kappa shape index (κ1) is 14.1. The third-order valence-corrected chi connectivity index (χ3v) is 3.52. The number of thiazole rings is 1. The number of ether oxygens (including phenoxy) is 2. The van der Waals surface area contributed by atoms with Crippen molar-refractivity contribution in [2.45, 2.75) is 13.5 Å². The predicted molar refractivity (Wildman–Crippen MR) is 75.5 cm³/mol. The van der Waals surface area contributed by atoms with Crippen molar-refractivity contribution < 1.29 is 19.4 Å². The number of methoxy groups -OCH3 is 1. The van der Waals surface area contributed by atoms with Gasteiger partial charge in [0.1, 0.15) is 11.6 Å². The number of nitrogen functional groups attached to an aromatic ring is 1. The molecule has 0 aliphatic heterocycles. The van der Waals surface area contributed by atoms with E-state index in [0.29, 0.717) is 11.5 Å². The molecule has 106 valence electrons. The summed E-state index contributed by atoms with van der Waals surface area (Å²) in [6, 6.07) is 2.79. The molecule has 0 aliphatic rings. The van der Waals surface area contributed by atoms with Gasteiger partial charge in [-0.3, -0.25) is 0 Å². The van der Waals surface area contributed by atoms with Crippen LogP contribution in [0.5, 0.6) is 11.5 Å². The molecule has 6 nitrogen and oxygen atoms in total. The third-order valence-electron chi connectivity index (χ3n) is 2.58. The first-order valence-electron chi connectivity index (χ1n) is 5.76. The molecule has 0 saturated carbocycles. The zero-order valence-electron chi connectivity index (χ0n) is 11.0. The van der Waals surface area contributed by atoms with E-state index in [4.69, 9.17) is 20.3 Å². The first-order valence-corrected chi connectivity index (χ1v) is 6.64. The number of anilines is 1. The number of carbonyl (C=O) groups is 1. The number of hydrogen-bond acceptors (Lipinski definition) is 6. The van der Waals surface area contributed by atoms with Crippen molar-refractivity contribution in [2.75, 3.05) is 12.8 Å². The molecule has 1 aromatic carbocycles. The van der Waals surface area contributed by atoms with Crippen LogP contribution in [0.25, 0.3) is 0 Å². The maximum Gasteiger partial charge on any atom is 0.337 e. The maximum absolute atomic E-state index is 11.1. The van der Waals surface area contributed by atoms with Crippen molar-refractivity contribution in [1.29, 1.82) is 0 Å². The number of nitrogens with two attached hydrogens (primary N) is 1. The van der Waals surface area contributed by atoms with Crippen LogP contribution in [0.2, 0.25) is 0 Å². The summed E-state index contributed by atoms with van der Waals surface area (Å²) in [5, 5.41) is 11.8. The summed E-state index contributed by atoms with van der Waals surface area (Å²) in [5.74, 6) is -0.396. The van der Waals surface area contributed by atoms with Gasteiger partial charge in [-0.05, 0) is 6.92 Å². The van der Waals surface area contributed by atoms with Crippen LogP contribution in [-0.4, -0.2) is 23.2 Å². The Hall–Kier alpha value is -2.28. The number of nitrogens with zero attached hydrogens (tertiary/aromatic N) is 1. The number of benzene rings is 1. The van der Waals surface area contributed by atoms with E-state index in [1.54, 1.807) is 0 Å². The average molecular weight is 294 g/mol. The molecule has 0 atom stereocenters. The predicted octanol–water partition coefficient (Wildman–Crippen LogP) is 2.32. The Morgan fingerprint density at radius 2 is 2.20 bits per heavy atom. The molecular weight excluding hydrogens is 280 g/mol. The lowest BCUT2D eigenvalue weighted by atomic mass is 10.1. The molecule has 0 saturated heterocycles. The van der Waals surface area contributed by atoms with Crippen molar-refractivity contribution in [2.24, 2.45) is 0 Å². The van der Waals surface area contributed by atoms with Crippen LogP contribution in [-0.2, 0) is 6.61 Å². The average Bonchev–Trinajstić information content (AvgIpc) is 2.82. The van der Waals surface area contributed by atoms with Gasteiger partial charge in [-0.1, -0.05) is 0 Å². The molecule has 1 aromatic heterocycles. The molecule has 1 heterocycles. The Morgan fingerprint density at radius 3 is 2.75 bits per heavy atom. The SMILES string of the molecule is COc1cc(N)c(C(=O)O)cc1OCc1nc(C)cs1. The fourth-order valence-electron chi connectivity index (χ4n) is 1.64. The van der Waals surface area contributed by atoms with Gasteiger partial charge in [0, 0.05) is 23.2 Å². The fraction of sp³-hybridized carbons (Fsp3) is 0.231. The van der Waals surface area contributed by atoms with E-state index in [1.165, 1.54) is 30.6 Å². The second kappa shape index (κ2) is 5.79. The van der Waals surface area contributed by atoms with E-state index in [0.717, 1.165) is 10.7 Å². The zero-order valence-corrected chi connectivity index (χ0v) is 11.9. The summed E-state index contributed by atoms with van der Waals surface area (Å²) >= 11 is 1.48. The highest BCUT2D eigenvalue weighted by Gasteiger charge is 2.15. The van der Waals surface area contributed by atoms with E-state index in [-0.39, 0.29) is 17.9 Å². The Kier molecular flexibility index (Phi) is 4.09. The van der Waals surface area contributed by atoms with Crippen LogP contribution < -0.4 is 15.2 Å². The minimum atomic E-state index is -1.11. The molecule has 20 heavy (non-hydrogen) atoms. The van der Waals surface area contributed by atoms with Crippen molar-refractivity contribution in [1.82, 2.24) is 4.98 Å². The van der Waals surface area contributed by atoms with Gasteiger partial charge in [0.25, 0.3) is 0 Å². The highest BCUT2D eigenvalue weighted by Crippen LogP contribution is 2.33. The van der Waals surface area contributed by atoms with E-state index < -0.39 is 5.97 Å². The Morgan fingerprint density at radius 1 is 1.45 bits per heavy atom. The van der Waals surface area contributed by atoms with Crippen LogP contribution in [0, 0.1) is 6.92 Å². The topological polar surface area (TPSA) is 94.7 Å². The summed E-state index contributed by atoms with van der Waals surface area (Å²) in [7, 11) is 1.47. The Balaban J connectivity index is 2.25. The first-order chi connectivity index (χ1) is 9.51. The van der Waals surface area contributed by atoms with Crippen LogP contribution >= 0.6 is 11.3 Å². The Bertz CT molecular complexity index is 639. The molecule has 3 N–H and O–H groups in total. The fourth-order valence-corrected chi connectivity index (χ4v) is 2.32. The van der Waals surface area contributed by atoms with Gasteiger partial charge in [0.2, 0.25) is 0 Å². The highest BCUT2D eigenvalue weighted by molar-refractivity contribution is 7.09. The lowest BCUT2D eigenvalue weighted by molar-refractivity contribution is 0.0697. The number of carboxylic acids is 1. The largest absolute Gasteiger partial charge is 0.493 e. The maximum atomic E-state index is 11.1. The summed E-state index contributed by atoms with van der Waals surface area (Å²) in [6.07, 6.45) is 0. The van der Waals surface area contributed by atoms with Crippen LogP contribution in [0.1, 0.15) is 21.1 Å². The van der Waals surface area contributed by atoms with Crippen molar-refractivity contribution in [3.63, 3.8) is 0 Å². The van der Waals surface area contributed by atoms with Crippen LogP contribution in [0.4, 0.5) is 5.69 Å². The summed E-state index contributed by atoms with van der Waals surface area (Å²) in [5.41, 5.74) is 6.68. The van der Waals surface area contributed by atoms with Gasteiger partial charge in [0.05, 0.1) is 18.4 Å². The van der Waals surface area contributed by atoms with Crippen LogP contribution in [0.15, 0.2) is 17.5 Å². The molecule has 0 aliphatic carbocycles. The summed E-state index contributed by atoms with van der Waals surface area (Å²) < 4.78 is 10.7. The van der Waals surface area contributed by atoms with E-state index in [9.17, 15) is 4.79 Å². The molecule has 2 rings (SSSR count). The number of aromatic nitrogens is 1. The van der Waals surface area contributed by atoms with Crippen molar-refractivity contribution in [3.05, 3.63) is 33.8 Å². The minimum absolute atomic E-state index is 0.0175. The molecule has 2 aromatic rings. The van der Waals surface area contributed by atoms with Crippen molar-refractivity contribution in [3.8, 4) is 11.5 Å². The second-order valence-electron chi connectivity index (χ2n) is 4.07. The zero-order chi connectivity index (χ0) is 14.7. The van der Waals surface area contributed by atoms with Gasteiger partial charge in [-0.2, -0.15) is 0 Å². The summed E-state index contributed by atoms with van der Waals surface area (Å²) in [6.45, 7) is 2.14. The minimum Gasteiger partial charge on any atom is -0.493 e. The van der Waals surface area contributed by atoms with Gasteiger partial charge >= 0.3 is 5.97 Å². The third kappa shape index (κ3) is 3.00. The molecule has 0 fully saturated rings. The number of hydrogen-bond donors (Lipinski definition) is 2. The summed E-state index contributed by atoms with van der Waals surface area (Å²) in [4.78, 5) is 15.3. The lowest BCUT2D eigenvalue weighted by Crippen LogP contribution is -2.05. The molecule has 7 heteroatoms. The smallest absolute Gasteiger partial charge is 0.337 e. The van der Waals surface area contributed by atoms with Gasteiger partial charge in [0.15, 0.2) is 11.5 Å². The molecule has 0 amide bonds. The van der Waals surface area contributed by atoms with Gasteiger partial charge < -0.3 is 20.3 Å². The normalized spacial score (nSPS) is 10.3. The van der Waals surface area contributed by atoms with Crippen LogP contribution in [0.3, 0.4) is 0 Å². The molecule has 0 spiro atoms. The molecule has 0 unspecified atom stereocenters. The van der Waals surface area contributed by atoms with E-state index in [1.807, 2.05) is 12.3 Å². The Labute approximate surface area is 119 Å². The van der Waals surface area contributed by atoms with Gasteiger partial charge in [-0.15, -0.1) is 11.3 Å². The van der Waals surface area contributed by atoms with E-state index in [2.05, 4.69) is 4.98 Å². The quantitative estimate of drug-likeness (QED) is 0.822. The monoisotopic (exact) mass is 294 g/mol. The number of rotatable bonds is 5. The van der Waals surface area contributed by atoms with E-state index >= 15 is 0 Å². The number of aromatic carboxylic acids is 1. The van der Waals surface area contributed by atoms with Crippen molar-refractivity contribution >= 4 is 23.0 Å². The molecule has 0 radical (unpaired) electrons. The molecular formula is C13H14N2O4S. The number of aryl methyl sites for hydroxylation is 1. The number of carboxylic acid groups (broad SMARTS) is 1. The molecule has 0 bridgehead atoms. The second-order valence-corrected chi connectivity index (χ2v) is 5.01. The lowest BCUT2D eigenvalue weighted by Gasteiger charge is -2.12. The standard InChI is InChI=1S/C13H14N2O4S/c1-7-6-20-12(15-7)5-19-11-3-8(13(16)17)9(14)4-10(11)18-2/h3-4,6H,5,14H2,1-2H3,(H,16,17). The highest BCUT2D eigenvalue weighted by atomic mass is 32.1.